The number of guanidine groups is 1. The summed E-state index contributed by atoms with van der Waals surface area (Å²) in [5, 5.41) is 7.04. The standard InChI is InChI=1S/C20H38N4O2/c1-21-20(22-10-4-12-26-19-8-13-25-14-9-19)23-18-7-11-24(16-18)15-17-5-2-3-6-17/h17-19H,2-16H2,1H3,(H2,21,22,23). The Morgan fingerprint density at radius 3 is 2.73 bits per heavy atom. The fraction of sp³-hybridized carbons (Fsp3) is 0.950. The second kappa shape index (κ2) is 11.1. The van der Waals surface area contributed by atoms with Crippen molar-refractivity contribution in [3.05, 3.63) is 0 Å². The molecule has 1 unspecified atom stereocenters. The van der Waals surface area contributed by atoms with Crippen molar-refractivity contribution in [2.75, 3.05) is 53.0 Å². The third-order valence-electron chi connectivity index (χ3n) is 5.96. The van der Waals surface area contributed by atoms with Crippen LogP contribution in [0.15, 0.2) is 4.99 Å². The van der Waals surface area contributed by atoms with Crippen molar-refractivity contribution in [1.29, 1.82) is 0 Å². The Labute approximate surface area is 159 Å². The largest absolute Gasteiger partial charge is 0.381 e. The number of ether oxygens (including phenoxy) is 2. The molecular weight excluding hydrogens is 328 g/mol. The molecule has 6 heteroatoms. The Kier molecular flexibility index (Phi) is 8.49. The van der Waals surface area contributed by atoms with E-state index in [0.717, 1.165) is 64.1 Å². The van der Waals surface area contributed by atoms with E-state index in [0.29, 0.717) is 12.1 Å². The van der Waals surface area contributed by atoms with E-state index in [1.54, 1.807) is 0 Å². The summed E-state index contributed by atoms with van der Waals surface area (Å²) in [5.74, 6) is 1.88. The molecule has 1 atom stereocenters. The number of nitrogens with zero attached hydrogens (tertiary/aromatic N) is 2. The van der Waals surface area contributed by atoms with Crippen LogP contribution in [-0.2, 0) is 9.47 Å². The number of rotatable bonds is 8. The lowest BCUT2D eigenvalue weighted by Crippen LogP contribution is -2.45. The zero-order chi connectivity index (χ0) is 18.0. The zero-order valence-electron chi connectivity index (χ0n) is 16.5. The molecule has 3 fully saturated rings. The molecule has 0 bridgehead atoms. The fourth-order valence-electron chi connectivity index (χ4n) is 4.43. The normalized spacial score (nSPS) is 26.5. The quantitative estimate of drug-likeness (QED) is 0.391. The van der Waals surface area contributed by atoms with Crippen LogP contribution in [0.4, 0.5) is 0 Å². The van der Waals surface area contributed by atoms with Gasteiger partial charge in [0.1, 0.15) is 0 Å². The zero-order valence-corrected chi connectivity index (χ0v) is 16.5. The van der Waals surface area contributed by atoms with Crippen LogP contribution in [0.5, 0.6) is 0 Å². The third-order valence-corrected chi connectivity index (χ3v) is 5.96. The summed E-state index contributed by atoms with van der Waals surface area (Å²) in [4.78, 5) is 7.03. The van der Waals surface area contributed by atoms with Gasteiger partial charge in [0.2, 0.25) is 0 Å². The number of likely N-dealkylation sites (tertiary alicyclic amines) is 1. The predicted octanol–water partition coefficient (Wildman–Crippen LogP) is 2.00. The lowest BCUT2D eigenvalue weighted by atomic mass is 10.1. The Morgan fingerprint density at radius 1 is 1.15 bits per heavy atom. The van der Waals surface area contributed by atoms with Crippen molar-refractivity contribution < 1.29 is 9.47 Å². The van der Waals surface area contributed by atoms with Crippen LogP contribution < -0.4 is 10.6 Å². The van der Waals surface area contributed by atoms with Crippen LogP contribution in [0.1, 0.15) is 51.4 Å². The van der Waals surface area contributed by atoms with Crippen molar-refractivity contribution in [2.45, 2.75) is 63.5 Å². The molecule has 0 radical (unpaired) electrons. The molecular formula is C20H38N4O2. The minimum absolute atomic E-state index is 0.394. The molecule has 2 N–H and O–H groups in total. The highest BCUT2D eigenvalue weighted by Gasteiger charge is 2.26. The molecule has 0 aromatic rings. The highest BCUT2D eigenvalue weighted by atomic mass is 16.5. The van der Waals surface area contributed by atoms with Crippen LogP contribution in [0.2, 0.25) is 0 Å². The first-order chi connectivity index (χ1) is 12.8. The molecule has 0 spiro atoms. The van der Waals surface area contributed by atoms with Crippen LogP contribution >= 0.6 is 0 Å². The van der Waals surface area contributed by atoms with Crippen LogP contribution in [0, 0.1) is 5.92 Å². The Morgan fingerprint density at radius 2 is 1.96 bits per heavy atom. The molecule has 0 amide bonds. The molecule has 26 heavy (non-hydrogen) atoms. The Bertz CT molecular complexity index is 420. The van der Waals surface area contributed by atoms with Crippen LogP contribution in [0.25, 0.3) is 0 Å². The number of hydrogen-bond donors (Lipinski definition) is 2. The lowest BCUT2D eigenvalue weighted by Gasteiger charge is -2.23. The van der Waals surface area contributed by atoms with Crippen molar-refractivity contribution >= 4 is 5.96 Å². The molecule has 3 rings (SSSR count). The number of nitrogens with one attached hydrogen (secondary N) is 2. The maximum atomic E-state index is 5.92. The van der Waals surface area contributed by atoms with Gasteiger partial charge in [0.15, 0.2) is 5.96 Å². The molecule has 2 saturated heterocycles. The van der Waals surface area contributed by atoms with Crippen LogP contribution in [0.3, 0.4) is 0 Å². The van der Waals surface area contributed by atoms with Gasteiger partial charge in [-0.2, -0.15) is 0 Å². The molecule has 2 heterocycles. The molecule has 1 aliphatic carbocycles. The van der Waals surface area contributed by atoms with Crippen LogP contribution in [-0.4, -0.2) is 76.1 Å². The van der Waals surface area contributed by atoms with E-state index in [2.05, 4.69) is 20.5 Å². The van der Waals surface area contributed by atoms with Gasteiger partial charge in [-0.25, -0.2) is 0 Å². The van der Waals surface area contributed by atoms with E-state index in [1.807, 2.05) is 7.05 Å². The molecule has 3 aliphatic rings. The van der Waals surface area contributed by atoms with E-state index < -0.39 is 0 Å². The summed E-state index contributed by atoms with van der Waals surface area (Å²) < 4.78 is 11.3. The maximum absolute atomic E-state index is 5.92. The van der Waals surface area contributed by atoms with Crippen molar-refractivity contribution in [3.63, 3.8) is 0 Å². The maximum Gasteiger partial charge on any atom is 0.191 e. The van der Waals surface area contributed by atoms with Gasteiger partial charge < -0.3 is 25.0 Å². The molecule has 0 aromatic heterocycles. The van der Waals surface area contributed by atoms with E-state index in [9.17, 15) is 0 Å². The lowest BCUT2D eigenvalue weighted by molar-refractivity contribution is -0.0320. The number of aliphatic imine (C=N–C) groups is 1. The highest BCUT2D eigenvalue weighted by Crippen LogP contribution is 2.26. The average Bonchev–Trinajstić information content (AvgIpc) is 3.34. The van der Waals surface area contributed by atoms with Gasteiger partial charge in [-0.3, -0.25) is 4.99 Å². The molecule has 6 nitrogen and oxygen atoms in total. The Balaban J connectivity index is 1.25. The summed E-state index contributed by atoms with van der Waals surface area (Å²) in [6, 6.07) is 0.529. The summed E-state index contributed by atoms with van der Waals surface area (Å²) in [5.41, 5.74) is 0. The van der Waals surface area contributed by atoms with Crippen molar-refractivity contribution in [1.82, 2.24) is 15.5 Å². The first kappa shape index (κ1) is 19.9. The minimum atomic E-state index is 0.394. The number of hydrogen-bond acceptors (Lipinski definition) is 4. The Hall–Kier alpha value is -0.850. The van der Waals surface area contributed by atoms with Gasteiger partial charge in [0, 0.05) is 59.1 Å². The second-order valence-electron chi connectivity index (χ2n) is 8.08. The highest BCUT2D eigenvalue weighted by molar-refractivity contribution is 5.79. The predicted molar refractivity (Wildman–Crippen MR) is 106 cm³/mol. The van der Waals surface area contributed by atoms with Gasteiger partial charge in [0.25, 0.3) is 0 Å². The van der Waals surface area contributed by atoms with E-state index >= 15 is 0 Å². The van der Waals surface area contributed by atoms with E-state index in [-0.39, 0.29) is 0 Å². The first-order valence-electron chi connectivity index (χ1n) is 10.7. The smallest absolute Gasteiger partial charge is 0.191 e. The topological polar surface area (TPSA) is 58.1 Å². The van der Waals surface area contributed by atoms with Gasteiger partial charge >= 0.3 is 0 Å². The van der Waals surface area contributed by atoms with Gasteiger partial charge in [-0.1, -0.05) is 12.8 Å². The monoisotopic (exact) mass is 366 g/mol. The summed E-state index contributed by atoms with van der Waals surface area (Å²) in [6.45, 7) is 7.09. The average molecular weight is 367 g/mol. The fourth-order valence-corrected chi connectivity index (χ4v) is 4.43. The summed E-state index contributed by atoms with van der Waals surface area (Å²) in [7, 11) is 1.86. The van der Waals surface area contributed by atoms with Crippen molar-refractivity contribution in [3.8, 4) is 0 Å². The summed E-state index contributed by atoms with van der Waals surface area (Å²) in [6.07, 6.45) is 10.5. The second-order valence-corrected chi connectivity index (χ2v) is 8.08. The van der Waals surface area contributed by atoms with Gasteiger partial charge in [-0.05, 0) is 44.4 Å². The van der Waals surface area contributed by atoms with E-state index in [4.69, 9.17) is 9.47 Å². The van der Waals surface area contributed by atoms with Crippen molar-refractivity contribution in [2.24, 2.45) is 10.9 Å². The molecule has 0 aromatic carbocycles. The molecule has 2 aliphatic heterocycles. The third kappa shape index (κ3) is 6.71. The minimum Gasteiger partial charge on any atom is -0.381 e. The molecule has 150 valence electrons. The first-order valence-corrected chi connectivity index (χ1v) is 10.7. The summed E-state index contributed by atoms with van der Waals surface area (Å²) >= 11 is 0. The van der Waals surface area contributed by atoms with Gasteiger partial charge in [0.05, 0.1) is 6.10 Å². The van der Waals surface area contributed by atoms with E-state index in [1.165, 1.54) is 45.2 Å². The SMILES string of the molecule is CN=C(NCCCOC1CCOCC1)NC1CCN(CC2CCCC2)C1. The van der Waals surface area contributed by atoms with Gasteiger partial charge in [-0.15, -0.1) is 0 Å². The molecule has 1 saturated carbocycles.